The van der Waals surface area contributed by atoms with Gasteiger partial charge in [-0.1, -0.05) is 15.9 Å². The van der Waals surface area contributed by atoms with Crippen molar-refractivity contribution in [2.75, 3.05) is 14.2 Å². The van der Waals surface area contributed by atoms with Gasteiger partial charge in [0.25, 0.3) is 0 Å². The Hall–Kier alpha value is -2.27. The van der Waals surface area contributed by atoms with Crippen LogP contribution in [0.25, 0.3) is 6.08 Å². The summed E-state index contributed by atoms with van der Waals surface area (Å²) in [7, 11) is 3.01. The maximum absolute atomic E-state index is 12.2. The number of ketones is 1. The Kier molecular flexibility index (Phi) is 5.22. The summed E-state index contributed by atoms with van der Waals surface area (Å²) in [5, 5.41) is 9.55. The fourth-order valence-corrected chi connectivity index (χ4v) is 2.31. The number of hydrogen-bond donors (Lipinski definition) is 1. The van der Waals surface area contributed by atoms with Crippen LogP contribution in [0, 0.1) is 0 Å². The van der Waals surface area contributed by atoms with Crippen molar-refractivity contribution < 1.29 is 19.4 Å². The van der Waals surface area contributed by atoms with Crippen LogP contribution < -0.4 is 9.47 Å². The van der Waals surface area contributed by atoms with E-state index in [1.807, 2.05) is 18.2 Å². The van der Waals surface area contributed by atoms with Gasteiger partial charge in [0.1, 0.15) is 5.75 Å². The number of carbonyl (C=O) groups is 1. The Balaban J connectivity index is 2.27. The van der Waals surface area contributed by atoms with E-state index in [1.165, 1.54) is 25.3 Å². The second kappa shape index (κ2) is 7.13. The molecule has 1 N–H and O–H groups in total. The summed E-state index contributed by atoms with van der Waals surface area (Å²) in [6, 6.07) is 10.0. The largest absolute Gasteiger partial charge is 0.504 e. The molecule has 0 aliphatic carbocycles. The molecule has 0 atom stereocenters. The number of halogens is 1. The maximum atomic E-state index is 12.2. The Bertz CT molecular complexity index is 723. The average Bonchev–Trinajstić information content (AvgIpc) is 2.53. The van der Waals surface area contributed by atoms with E-state index in [0.717, 1.165) is 10.0 Å². The number of benzene rings is 2. The van der Waals surface area contributed by atoms with Crippen molar-refractivity contribution in [2.24, 2.45) is 0 Å². The van der Waals surface area contributed by atoms with Crippen LogP contribution in [0.4, 0.5) is 0 Å². The first kappa shape index (κ1) is 16.1. The van der Waals surface area contributed by atoms with Crippen LogP contribution in [0.5, 0.6) is 17.2 Å². The van der Waals surface area contributed by atoms with Gasteiger partial charge < -0.3 is 14.6 Å². The van der Waals surface area contributed by atoms with Gasteiger partial charge in [0.05, 0.1) is 14.2 Å². The molecule has 0 unspecified atom stereocenters. The fraction of sp³-hybridized carbons (Fsp3) is 0.118. The van der Waals surface area contributed by atoms with Crippen LogP contribution in [-0.4, -0.2) is 25.1 Å². The summed E-state index contributed by atoms with van der Waals surface area (Å²) >= 11 is 3.39. The molecule has 4 nitrogen and oxygen atoms in total. The van der Waals surface area contributed by atoms with Crippen LogP contribution in [0.2, 0.25) is 0 Å². The SMILES string of the molecule is COc1cc(C(=O)/C=C/c2cc(Br)ccc2OC)ccc1O. The highest BCUT2D eigenvalue weighted by atomic mass is 79.9. The normalized spacial score (nSPS) is 10.7. The maximum Gasteiger partial charge on any atom is 0.185 e. The molecule has 22 heavy (non-hydrogen) atoms. The van der Waals surface area contributed by atoms with Crippen molar-refractivity contribution in [1.82, 2.24) is 0 Å². The lowest BCUT2D eigenvalue weighted by molar-refractivity contribution is 0.104. The second-order valence-corrected chi connectivity index (χ2v) is 5.39. The molecule has 0 fully saturated rings. The number of allylic oxidation sites excluding steroid dienone is 1. The van der Waals surface area contributed by atoms with Gasteiger partial charge >= 0.3 is 0 Å². The number of methoxy groups -OCH3 is 2. The minimum atomic E-state index is -0.194. The second-order valence-electron chi connectivity index (χ2n) is 4.47. The molecular formula is C17H15BrO4. The lowest BCUT2D eigenvalue weighted by Gasteiger charge is -2.06. The van der Waals surface area contributed by atoms with E-state index in [2.05, 4.69) is 15.9 Å². The molecule has 0 aliphatic rings. The van der Waals surface area contributed by atoms with Crippen molar-refractivity contribution in [3.05, 3.63) is 58.1 Å². The average molecular weight is 363 g/mol. The minimum absolute atomic E-state index is 0.00307. The highest BCUT2D eigenvalue weighted by Gasteiger charge is 2.08. The number of phenols is 1. The molecule has 0 bridgehead atoms. The molecule has 5 heteroatoms. The monoisotopic (exact) mass is 362 g/mol. The predicted octanol–water partition coefficient (Wildman–Crippen LogP) is 4.07. The van der Waals surface area contributed by atoms with Crippen LogP contribution in [0.3, 0.4) is 0 Å². The third-order valence-electron chi connectivity index (χ3n) is 3.07. The van der Waals surface area contributed by atoms with Crippen molar-refractivity contribution in [3.63, 3.8) is 0 Å². The summed E-state index contributed by atoms with van der Waals surface area (Å²) in [6.45, 7) is 0. The zero-order valence-corrected chi connectivity index (χ0v) is 13.8. The van der Waals surface area contributed by atoms with E-state index < -0.39 is 0 Å². The van der Waals surface area contributed by atoms with Gasteiger partial charge in [-0.05, 0) is 48.6 Å². The molecule has 0 radical (unpaired) electrons. The number of ether oxygens (including phenoxy) is 2. The van der Waals surface area contributed by atoms with Crippen molar-refractivity contribution >= 4 is 27.8 Å². The molecule has 2 aromatic rings. The first-order chi connectivity index (χ1) is 10.5. The minimum Gasteiger partial charge on any atom is -0.504 e. The van der Waals surface area contributed by atoms with Gasteiger partial charge in [-0.2, -0.15) is 0 Å². The summed E-state index contributed by atoms with van der Waals surface area (Å²) in [4.78, 5) is 12.2. The standard InChI is InChI=1S/C17H15BrO4/c1-21-16-8-5-13(18)9-12(16)4-6-14(19)11-3-7-15(20)17(10-11)22-2/h3-10,20H,1-2H3/b6-4+. The molecule has 2 rings (SSSR count). The Morgan fingerprint density at radius 3 is 2.50 bits per heavy atom. The molecule has 0 aromatic heterocycles. The van der Waals surface area contributed by atoms with Gasteiger partial charge in [-0.15, -0.1) is 0 Å². The van der Waals surface area contributed by atoms with E-state index in [9.17, 15) is 9.90 Å². The molecule has 0 spiro atoms. The number of aromatic hydroxyl groups is 1. The van der Waals surface area contributed by atoms with Gasteiger partial charge in [-0.25, -0.2) is 0 Å². The topological polar surface area (TPSA) is 55.8 Å². The van der Waals surface area contributed by atoms with E-state index >= 15 is 0 Å². The Labute approximate surface area is 137 Å². The first-order valence-electron chi connectivity index (χ1n) is 6.48. The zero-order valence-electron chi connectivity index (χ0n) is 12.2. The molecule has 2 aromatic carbocycles. The predicted molar refractivity (Wildman–Crippen MR) is 88.7 cm³/mol. The molecular weight excluding hydrogens is 348 g/mol. The van der Waals surface area contributed by atoms with E-state index in [4.69, 9.17) is 9.47 Å². The zero-order chi connectivity index (χ0) is 16.1. The third kappa shape index (κ3) is 3.68. The van der Waals surface area contributed by atoms with E-state index in [-0.39, 0.29) is 17.3 Å². The van der Waals surface area contributed by atoms with Crippen LogP contribution in [-0.2, 0) is 0 Å². The number of hydrogen-bond acceptors (Lipinski definition) is 4. The van der Waals surface area contributed by atoms with Crippen LogP contribution >= 0.6 is 15.9 Å². The summed E-state index contributed by atoms with van der Waals surface area (Å²) in [5.41, 5.74) is 1.22. The Morgan fingerprint density at radius 1 is 1.09 bits per heavy atom. The summed E-state index contributed by atoms with van der Waals surface area (Å²) in [6.07, 6.45) is 3.14. The number of carbonyl (C=O) groups excluding carboxylic acids is 1. The lowest BCUT2D eigenvalue weighted by Crippen LogP contribution is -1.95. The van der Waals surface area contributed by atoms with Crippen molar-refractivity contribution in [3.8, 4) is 17.2 Å². The van der Waals surface area contributed by atoms with Gasteiger partial charge in [-0.3, -0.25) is 4.79 Å². The quantitative estimate of drug-likeness (QED) is 0.643. The van der Waals surface area contributed by atoms with E-state index in [0.29, 0.717) is 11.3 Å². The fourth-order valence-electron chi connectivity index (χ4n) is 1.93. The third-order valence-corrected chi connectivity index (χ3v) is 3.56. The summed E-state index contributed by atoms with van der Waals surface area (Å²) in [5.74, 6) is 0.742. The number of phenolic OH excluding ortho intramolecular Hbond substituents is 1. The van der Waals surface area contributed by atoms with Crippen LogP contribution in [0.15, 0.2) is 46.9 Å². The molecule has 0 amide bonds. The highest BCUT2D eigenvalue weighted by molar-refractivity contribution is 9.10. The smallest absolute Gasteiger partial charge is 0.185 e. The van der Waals surface area contributed by atoms with Crippen molar-refractivity contribution in [1.29, 1.82) is 0 Å². The van der Waals surface area contributed by atoms with Crippen molar-refractivity contribution in [2.45, 2.75) is 0 Å². The first-order valence-corrected chi connectivity index (χ1v) is 7.27. The lowest BCUT2D eigenvalue weighted by atomic mass is 10.1. The van der Waals surface area contributed by atoms with Gasteiger partial charge in [0.15, 0.2) is 17.3 Å². The van der Waals surface area contributed by atoms with Gasteiger partial charge in [0.2, 0.25) is 0 Å². The molecule has 0 saturated heterocycles. The molecule has 114 valence electrons. The molecule has 0 saturated carbocycles. The summed E-state index contributed by atoms with van der Waals surface area (Å²) < 4.78 is 11.1. The molecule has 0 aliphatic heterocycles. The Morgan fingerprint density at radius 2 is 1.82 bits per heavy atom. The van der Waals surface area contributed by atoms with Crippen LogP contribution in [0.1, 0.15) is 15.9 Å². The highest BCUT2D eigenvalue weighted by Crippen LogP contribution is 2.27. The number of rotatable bonds is 5. The van der Waals surface area contributed by atoms with Gasteiger partial charge in [0, 0.05) is 15.6 Å². The van der Waals surface area contributed by atoms with E-state index in [1.54, 1.807) is 19.3 Å². The molecule has 0 heterocycles.